The summed E-state index contributed by atoms with van der Waals surface area (Å²) in [4.78, 5) is 11.6. The Balaban J connectivity index is 2.67. The molecule has 0 radical (unpaired) electrons. The van der Waals surface area contributed by atoms with Gasteiger partial charge in [0.05, 0.1) is 5.41 Å². The molecule has 100 valence electrons. The van der Waals surface area contributed by atoms with Crippen LogP contribution in [0.2, 0.25) is 0 Å². The number of hydrogen-bond donors (Lipinski definition) is 1. The first-order valence-corrected chi connectivity index (χ1v) is 6.79. The van der Waals surface area contributed by atoms with Crippen LogP contribution in [0.5, 0.6) is 0 Å². The number of carboxylic acid groups (broad SMARTS) is 1. The van der Waals surface area contributed by atoms with E-state index in [2.05, 4.69) is 13.8 Å². The smallest absolute Gasteiger partial charge is 0.309 e. The first kappa shape index (κ1) is 14.5. The number of methoxy groups -OCH3 is 1. The lowest BCUT2D eigenvalue weighted by molar-refractivity contribution is -0.156. The highest BCUT2D eigenvalue weighted by Gasteiger charge is 2.45. The number of ether oxygens (including phenoxy) is 1. The number of aliphatic carboxylic acids is 1. The molecule has 0 aromatic rings. The minimum atomic E-state index is -0.601. The van der Waals surface area contributed by atoms with Crippen molar-refractivity contribution in [3.8, 4) is 0 Å². The van der Waals surface area contributed by atoms with E-state index < -0.39 is 11.4 Å². The molecule has 3 nitrogen and oxygen atoms in total. The van der Waals surface area contributed by atoms with Crippen molar-refractivity contribution >= 4 is 5.97 Å². The molecule has 1 rings (SSSR count). The van der Waals surface area contributed by atoms with E-state index in [0.717, 1.165) is 38.0 Å². The van der Waals surface area contributed by atoms with E-state index in [1.807, 2.05) is 0 Å². The van der Waals surface area contributed by atoms with Gasteiger partial charge in [-0.05, 0) is 43.9 Å². The van der Waals surface area contributed by atoms with Crippen LogP contribution in [0.25, 0.3) is 0 Å². The summed E-state index contributed by atoms with van der Waals surface area (Å²) in [7, 11) is 1.67. The molecule has 17 heavy (non-hydrogen) atoms. The molecule has 0 spiro atoms. The number of hydrogen-bond acceptors (Lipinski definition) is 2. The van der Waals surface area contributed by atoms with Gasteiger partial charge in [0.2, 0.25) is 0 Å². The quantitative estimate of drug-likeness (QED) is 0.777. The Hall–Kier alpha value is -0.570. The maximum atomic E-state index is 11.6. The van der Waals surface area contributed by atoms with Crippen molar-refractivity contribution in [1.82, 2.24) is 0 Å². The second kappa shape index (κ2) is 6.39. The molecule has 3 heteroatoms. The van der Waals surface area contributed by atoms with Gasteiger partial charge in [0, 0.05) is 13.7 Å². The molecule has 0 aromatic heterocycles. The highest BCUT2D eigenvalue weighted by Crippen LogP contribution is 2.46. The minimum absolute atomic E-state index is 0.206. The molecule has 0 saturated heterocycles. The summed E-state index contributed by atoms with van der Waals surface area (Å²) in [6.07, 6.45) is 5.85. The first-order chi connectivity index (χ1) is 8.06. The molecule has 0 aromatic carbocycles. The summed E-state index contributed by atoms with van der Waals surface area (Å²) in [6.45, 7) is 4.93. The second-order valence-corrected chi connectivity index (χ2v) is 5.50. The predicted octanol–water partition coefficient (Wildman–Crippen LogP) is 3.33. The average Bonchev–Trinajstić information content (AvgIpc) is 2.35. The summed E-state index contributed by atoms with van der Waals surface area (Å²) in [5.41, 5.74) is -0.496. The highest BCUT2D eigenvalue weighted by molar-refractivity contribution is 5.75. The first-order valence-electron chi connectivity index (χ1n) is 6.79. The van der Waals surface area contributed by atoms with Gasteiger partial charge >= 0.3 is 5.97 Å². The van der Waals surface area contributed by atoms with Crippen LogP contribution in [0.3, 0.4) is 0 Å². The molecule has 1 fully saturated rings. The lowest BCUT2D eigenvalue weighted by Crippen LogP contribution is -2.41. The molecule has 1 aliphatic carbocycles. The van der Waals surface area contributed by atoms with Crippen molar-refractivity contribution in [1.29, 1.82) is 0 Å². The van der Waals surface area contributed by atoms with E-state index in [4.69, 9.17) is 4.74 Å². The third-order valence-electron chi connectivity index (χ3n) is 4.70. The Kier molecular flexibility index (Phi) is 5.44. The normalized spacial score (nSPS) is 31.1. The topological polar surface area (TPSA) is 46.5 Å². The highest BCUT2D eigenvalue weighted by atomic mass is 16.5. The fourth-order valence-corrected chi connectivity index (χ4v) is 3.09. The van der Waals surface area contributed by atoms with Crippen LogP contribution in [0, 0.1) is 17.3 Å². The number of rotatable bonds is 6. The summed E-state index contributed by atoms with van der Waals surface area (Å²) in [6, 6.07) is 0. The van der Waals surface area contributed by atoms with Crippen LogP contribution >= 0.6 is 0 Å². The van der Waals surface area contributed by atoms with Gasteiger partial charge in [-0.25, -0.2) is 0 Å². The second-order valence-electron chi connectivity index (χ2n) is 5.50. The van der Waals surface area contributed by atoms with E-state index in [0.29, 0.717) is 6.61 Å². The Morgan fingerprint density at radius 2 is 2.06 bits per heavy atom. The molecule has 1 N–H and O–H groups in total. The third-order valence-corrected chi connectivity index (χ3v) is 4.70. The minimum Gasteiger partial charge on any atom is -0.481 e. The molecule has 1 aliphatic rings. The zero-order chi connectivity index (χ0) is 12.9. The molecule has 1 saturated carbocycles. The van der Waals surface area contributed by atoms with Gasteiger partial charge in [0.25, 0.3) is 0 Å². The predicted molar refractivity (Wildman–Crippen MR) is 68.0 cm³/mol. The van der Waals surface area contributed by atoms with Gasteiger partial charge in [0.15, 0.2) is 0 Å². The van der Waals surface area contributed by atoms with E-state index in [1.54, 1.807) is 7.11 Å². The zero-order valence-corrected chi connectivity index (χ0v) is 11.4. The summed E-state index contributed by atoms with van der Waals surface area (Å²) in [5, 5.41) is 9.58. The van der Waals surface area contributed by atoms with Crippen molar-refractivity contribution in [2.24, 2.45) is 17.3 Å². The zero-order valence-electron chi connectivity index (χ0n) is 11.4. The van der Waals surface area contributed by atoms with E-state index in [1.165, 1.54) is 6.42 Å². The lowest BCUT2D eigenvalue weighted by atomic mass is 9.63. The molecule has 1 atom stereocenters. The van der Waals surface area contributed by atoms with Crippen LogP contribution in [-0.2, 0) is 9.53 Å². The maximum Gasteiger partial charge on any atom is 0.309 e. The Morgan fingerprint density at radius 1 is 1.47 bits per heavy atom. The van der Waals surface area contributed by atoms with Gasteiger partial charge in [-0.3, -0.25) is 4.79 Å². The standard InChI is InChI=1S/C14H26O3/c1-4-12-5-8-14(9-6-12,13(15)16)11(2)7-10-17-3/h11-12H,4-10H2,1-3H3,(H,15,16). The van der Waals surface area contributed by atoms with Crippen LogP contribution in [0.1, 0.15) is 52.4 Å². The average molecular weight is 242 g/mol. The molecule has 0 aliphatic heterocycles. The molecule has 0 heterocycles. The molecular formula is C14H26O3. The van der Waals surface area contributed by atoms with E-state index in [9.17, 15) is 9.90 Å². The van der Waals surface area contributed by atoms with Crippen molar-refractivity contribution in [3.63, 3.8) is 0 Å². The lowest BCUT2D eigenvalue weighted by Gasteiger charge is -2.41. The van der Waals surface area contributed by atoms with Crippen LogP contribution in [0.4, 0.5) is 0 Å². The molecule has 0 amide bonds. The maximum absolute atomic E-state index is 11.6. The fourth-order valence-electron chi connectivity index (χ4n) is 3.09. The van der Waals surface area contributed by atoms with Crippen molar-refractivity contribution in [3.05, 3.63) is 0 Å². The summed E-state index contributed by atoms with van der Waals surface area (Å²) >= 11 is 0. The number of carbonyl (C=O) groups is 1. The Labute approximate surface area is 105 Å². The van der Waals surface area contributed by atoms with Gasteiger partial charge < -0.3 is 9.84 Å². The van der Waals surface area contributed by atoms with E-state index >= 15 is 0 Å². The van der Waals surface area contributed by atoms with Crippen LogP contribution in [-0.4, -0.2) is 24.8 Å². The molecule has 1 unspecified atom stereocenters. The summed E-state index contributed by atoms with van der Waals surface area (Å²) < 4.78 is 5.08. The van der Waals surface area contributed by atoms with Gasteiger partial charge in [0.1, 0.15) is 0 Å². The van der Waals surface area contributed by atoms with Gasteiger partial charge in [-0.1, -0.05) is 20.3 Å². The number of carboxylic acids is 1. The van der Waals surface area contributed by atoms with Crippen molar-refractivity contribution in [2.45, 2.75) is 52.4 Å². The fraction of sp³-hybridized carbons (Fsp3) is 0.929. The van der Waals surface area contributed by atoms with Gasteiger partial charge in [-0.15, -0.1) is 0 Å². The Bertz CT molecular complexity index is 242. The van der Waals surface area contributed by atoms with Gasteiger partial charge in [-0.2, -0.15) is 0 Å². The van der Waals surface area contributed by atoms with Crippen LogP contribution in [0.15, 0.2) is 0 Å². The molecule has 0 bridgehead atoms. The van der Waals surface area contributed by atoms with Crippen molar-refractivity contribution < 1.29 is 14.6 Å². The van der Waals surface area contributed by atoms with E-state index in [-0.39, 0.29) is 5.92 Å². The summed E-state index contributed by atoms with van der Waals surface area (Å²) in [5.74, 6) is 0.338. The third kappa shape index (κ3) is 3.21. The Morgan fingerprint density at radius 3 is 2.47 bits per heavy atom. The largest absolute Gasteiger partial charge is 0.481 e. The van der Waals surface area contributed by atoms with Crippen LogP contribution < -0.4 is 0 Å². The van der Waals surface area contributed by atoms with Crippen molar-refractivity contribution in [2.75, 3.05) is 13.7 Å². The monoisotopic (exact) mass is 242 g/mol. The SMILES string of the molecule is CCC1CCC(C(=O)O)(C(C)CCOC)CC1. The molecular weight excluding hydrogens is 216 g/mol.